The lowest BCUT2D eigenvalue weighted by molar-refractivity contribution is -0.141. The van der Waals surface area contributed by atoms with Gasteiger partial charge < -0.3 is 20.7 Å². The van der Waals surface area contributed by atoms with E-state index in [1.165, 1.54) is 25.7 Å². The largest absolute Gasteiger partial charge is 0.480 e. The second-order valence-corrected chi connectivity index (χ2v) is 7.49. The van der Waals surface area contributed by atoms with Crippen molar-refractivity contribution in [2.45, 2.75) is 51.0 Å². The van der Waals surface area contributed by atoms with E-state index in [4.69, 9.17) is 0 Å². The van der Waals surface area contributed by atoms with Crippen LogP contribution in [0.4, 0.5) is 0 Å². The van der Waals surface area contributed by atoms with Gasteiger partial charge in [0.05, 0.1) is 6.54 Å². The van der Waals surface area contributed by atoms with Gasteiger partial charge in [-0.25, -0.2) is 4.79 Å². The van der Waals surface area contributed by atoms with E-state index in [-0.39, 0.29) is 18.9 Å². The molecule has 3 rings (SSSR count). The molecular formula is C21H27N3O4. The number of nitrogens with one attached hydrogen (secondary N) is 3. The summed E-state index contributed by atoms with van der Waals surface area (Å²) in [5, 5.41) is 15.5. The smallest absolute Gasteiger partial charge is 0.326 e. The molecular weight excluding hydrogens is 358 g/mol. The lowest BCUT2D eigenvalue weighted by atomic mass is 10.0. The molecule has 1 unspecified atom stereocenters. The first-order valence-electron chi connectivity index (χ1n) is 9.87. The molecule has 1 saturated carbocycles. The molecule has 0 spiro atoms. The van der Waals surface area contributed by atoms with Gasteiger partial charge in [-0.3, -0.25) is 9.59 Å². The number of rotatable bonds is 9. The number of benzene rings is 1. The normalized spacial score (nSPS) is 15.4. The molecule has 2 amide bonds. The van der Waals surface area contributed by atoms with Crippen molar-refractivity contribution in [3.8, 4) is 0 Å². The average Bonchev–Trinajstić information content (AvgIpc) is 3.34. The number of carbonyl (C=O) groups excluding carboxylic acids is 2. The summed E-state index contributed by atoms with van der Waals surface area (Å²) in [4.78, 5) is 38.7. The average molecular weight is 385 g/mol. The predicted octanol–water partition coefficient (Wildman–Crippen LogP) is 2.37. The highest BCUT2D eigenvalue weighted by atomic mass is 16.4. The molecule has 0 saturated heterocycles. The first-order valence-corrected chi connectivity index (χ1v) is 9.87. The highest BCUT2D eigenvalue weighted by Gasteiger charge is 2.22. The third kappa shape index (κ3) is 5.34. The number of aliphatic carboxylic acids is 1. The maximum absolute atomic E-state index is 12.1. The zero-order valence-electron chi connectivity index (χ0n) is 15.9. The van der Waals surface area contributed by atoms with Crippen molar-refractivity contribution in [2.24, 2.45) is 5.92 Å². The molecule has 1 aromatic heterocycles. The van der Waals surface area contributed by atoms with Crippen molar-refractivity contribution in [1.29, 1.82) is 0 Å². The molecule has 4 N–H and O–H groups in total. The van der Waals surface area contributed by atoms with Crippen molar-refractivity contribution in [1.82, 2.24) is 15.6 Å². The van der Waals surface area contributed by atoms with Crippen LogP contribution in [0.15, 0.2) is 30.5 Å². The van der Waals surface area contributed by atoms with Gasteiger partial charge in [0, 0.05) is 29.9 Å². The van der Waals surface area contributed by atoms with Crippen molar-refractivity contribution in [3.63, 3.8) is 0 Å². The molecule has 1 aliphatic carbocycles. The van der Waals surface area contributed by atoms with E-state index in [9.17, 15) is 19.5 Å². The Hall–Kier alpha value is -2.83. The number of hydrogen-bond acceptors (Lipinski definition) is 3. The topological polar surface area (TPSA) is 111 Å². The van der Waals surface area contributed by atoms with Crippen molar-refractivity contribution < 1.29 is 19.5 Å². The SMILES string of the molecule is O=C(CCC1CCCC1)NCC(=O)NC(Cc1c[nH]c2ccccc12)C(=O)O. The van der Waals surface area contributed by atoms with E-state index in [1.54, 1.807) is 6.20 Å². The number of para-hydroxylation sites is 1. The maximum atomic E-state index is 12.1. The number of amides is 2. The Bertz CT molecular complexity index is 839. The van der Waals surface area contributed by atoms with E-state index in [2.05, 4.69) is 15.6 Å². The van der Waals surface area contributed by atoms with Gasteiger partial charge in [0.1, 0.15) is 6.04 Å². The Morgan fingerprint density at radius 2 is 1.89 bits per heavy atom. The monoisotopic (exact) mass is 385 g/mol. The van der Waals surface area contributed by atoms with Crippen LogP contribution in [0.1, 0.15) is 44.1 Å². The summed E-state index contributed by atoms with van der Waals surface area (Å²) in [6.45, 7) is -0.207. The summed E-state index contributed by atoms with van der Waals surface area (Å²) in [5.74, 6) is -1.15. The molecule has 1 atom stereocenters. The minimum absolute atomic E-state index is 0.162. The molecule has 0 aliphatic heterocycles. The van der Waals surface area contributed by atoms with E-state index >= 15 is 0 Å². The second-order valence-electron chi connectivity index (χ2n) is 7.49. The third-order valence-electron chi connectivity index (χ3n) is 5.43. The summed E-state index contributed by atoms with van der Waals surface area (Å²) < 4.78 is 0. The summed E-state index contributed by atoms with van der Waals surface area (Å²) in [5.41, 5.74) is 1.74. The quantitative estimate of drug-likeness (QED) is 0.531. The summed E-state index contributed by atoms with van der Waals surface area (Å²) in [7, 11) is 0. The molecule has 1 heterocycles. The Kier molecular flexibility index (Phi) is 6.68. The minimum Gasteiger partial charge on any atom is -0.480 e. The standard InChI is InChI=1S/C21H27N3O4/c25-19(10-9-14-5-1-2-6-14)23-13-20(26)24-18(21(27)28)11-15-12-22-17-8-4-3-7-16(15)17/h3-4,7-8,12,14,18,22H,1-2,5-6,9-11,13H2,(H,23,25)(H,24,26)(H,27,28). The van der Waals surface area contributed by atoms with Gasteiger partial charge in [-0.2, -0.15) is 0 Å². The van der Waals surface area contributed by atoms with Crippen molar-refractivity contribution in [2.75, 3.05) is 6.54 Å². The highest BCUT2D eigenvalue weighted by Crippen LogP contribution is 2.28. The lowest BCUT2D eigenvalue weighted by Gasteiger charge is -2.15. The van der Waals surface area contributed by atoms with Gasteiger partial charge in [-0.1, -0.05) is 43.9 Å². The van der Waals surface area contributed by atoms with Crippen LogP contribution in [0.25, 0.3) is 10.9 Å². The van der Waals surface area contributed by atoms with E-state index in [0.717, 1.165) is 22.9 Å². The summed E-state index contributed by atoms with van der Waals surface area (Å²) in [6, 6.07) is 6.55. The van der Waals surface area contributed by atoms with Gasteiger partial charge in [0.25, 0.3) is 0 Å². The van der Waals surface area contributed by atoms with Gasteiger partial charge >= 0.3 is 5.97 Å². The highest BCUT2D eigenvalue weighted by molar-refractivity contribution is 5.89. The Labute approximate surface area is 163 Å². The lowest BCUT2D eigenvalue weighted by Crippen LogP contribution is -2.46. The molecule has 0 bridgehead atoms. The molecule has 150 valence electrons. The van der Waals surface area contributed by atoms with Crippen molar-refractivity contribution >= 4 is 28.7 Å². The summed E-state index contributed by atoms with van der Waals surface area (Å²) in [6.07, 6.45) is 8.03. The van der Waals surface area contributed by atoms with E-state index in [0.29, 0.717) is 12.3 Å². The molecule has 1 aromatic carbocycles. The molecule has 28 heavy (non-hydrogen) atoms. The number of carbonyl (C=O) groups is 3. The zero-order valence-corrected chi connectivity index (χ0v) is 15.9. The minimum atomic E-state index is -1.11. The van der Waals surface area contributed by atoms with Crippen LogP contribution in [-0.2, 0) is 20.8 Å². The predicted molar refractivity (Wildman–Crippen MR) is 106 cm³/mol. The van der Waals surface area contributed by atoms with Gasteiger partial charge in [-0.05, 0) is 24.0 Å². The molecule has 7 nitrogen and oxygen atoms in total. The number of aromatic nitrogens is 1. The first-order chi connectivity index (χ1) is 13.5. The third-order valence-corrected chi connectivity index (χ3v) is 5.43. The zero-order chi connectivity index (χ0) is 19.9. The molecule has 2 aromatic rings. The molecule has 1 aliphatic rings. The Morgan fingerprint density at radius 3 is 2.64 bits per heavy atom. The fourth-order valence-corrected chi connectivity index (χ4v) is 3.87. The molecule has 0 radical (unpaired) electrons. The number of hydrogen-bond donors (Lipinski definition) is 4. The maximum Gasteiger partial charge on any atom is 0.326 e. The van der Waals surface area contributed by atoms with Crippen LogP contribution in [-0.4, -0.2) is 40.5 Å². The van der Waals surface area contributed by atoms with Crippen molar-refractivity contribution in [3.05, 3.63) is 36.0 Å². The summed E-state index contributed by atoms with van der Waals surface area (Å²) >= 11 is 0. The first kappa shape index (κ1) is 19.9. The molecule has 1 fully saturated rings. The Balaban J connectivity index is 1.47. The van der Waals surface area contributed by atoms with E-state index < -0.39 is 17.9 Å². The Morgan fingerprint density at radius 1 is 1.14 bits per heavy atom. The van der Waals surface area contributed by atoms with Crippen LogP contribution in [0.3, 0.4) is 0 Å². The fraction of sp³-hybridized carbons (Fsp3) is 0.476. The van der Waals surface area contributed by atoms with Crippen LogP contribution >= 0.6 is 0 Å². The van der Waals surface area contributed by atoms with Crippen LogP contribution in [0.5, 0.6) is 0 Å². The van der Waals surface area contributed by atoms with Gasteiger partial charge in [0.15, 0.2) is 0 Å². The number of carboxylic acid groups (broad SMARTS) is 1. The van der Waals surface area contributed by atoms with Crippen LogP contribution in [0, 0.1) is 5.92 Å². The van der Waals surface area contributed by atoms with E-state index in [1.807, 2.05) is 24.3 Å². The number of fused-ring (bicyclic) bond motifs is 1. The number of carboxylic acids is 1. The van der Waals surface area contributed by atoms with Gasteiger partial charge in [-0.15, -0.1) is 0 Å². The van der Waals surface area contributed by atoms with Crippen LogP contribution < -0.4 is 10.6 Å². The second kappa shape index (κ2) is 9.39. The number of aromatic amines is 1. The fourth-order valence-electron chi connectivity index (χ4n) is 3.87. The molecule has 7 heteroatoms. The van der Waals surface area contributed by atoms with Crippen LogP contribution in [0.2, 0.25) is 0 Å². The van der Waals surface area contributed by atoms with Gasteiger partial charge in [0.2, 0.25) is 11.8 Å². The number of H-pyrrole nitrogens is 1.